The molecule has 0 saturated carbocycles. The lowest BCUT2D eigenvalue weighted by molar-refractivity contribution is 0.0910. The van der Waals surface area contributed by atoms with Crippen molar-refractivity contribution in [2.24, 2.45) is 0 Å². The Bertz CT molecular complexity index is 1030. The molecule has 0 saturated heterocycles. The number of aryl methyl sites for hydroxylation is 1. The first-order chi connectivity index (χ1) is 13.7. The monoisotopic (exact) mass is 394 g/mol. The number of amides is 1. The van der Waals surface area contributed by atoms with Crippen LogP contribution in [0.3, 0.4) is 0 Å². The molecule has 0 aliphatic carbocycles. The van der Waals surface area contributed by atoms with Crippen molar-refractivity contribution in [3.63, 3.8) is 0 Å². The Balaban J connectivity index is 1.27. The fourth-order valence-electron chi connectivity index (χ4n) is 3.85. The van der Waals surface area contributed by atoms with Crippen LogP contribution >= 0.6 is 11.3 Å². The van der Waals surface area contributed by atoms with Gasteiger partial charge in [0, 0.05) is 22.5 Å². The van der Waals surface area contributed by atoms with Gasteiger partial charge in [0.2, 0.25) is 0 Å². The van der Waals surface area contributed by atoms with Crippen LogP contribution in [-0.2, 0) is 19.5 Å². The zero-order chi connectivity index (χ0) is 19.1. The molecule has 7 heteroatoms. The topological polar surface area (TPSA) is 68.2 Å². The average Bonchev–Trinajstić information content (AvgIpc) is 3.33. The van der Waals surface area contributed by atoms with Gasteiger partial charge in [0.05, 0.1) is 18.6 Å². The van der Waals surface area contributed by atoms with Gasteiger partial charge in [-0.3, -0.25) is 4.79 Å². The van der Waals surface area contributed by atoms with Crippen LogP contribution in [0.1, 0.15) is 37.7 Å². The van der Waals surface area contributed by atoms with Crippen molar-refractivity contribution >= 4 is 17.2 Å². The molecule has 2 atom stereocenters. The number of fused-ring (bicyclic) bond motifs is 2. The van der Waals surface area contributed by atoms with E-state index in [1.165, 1.54) is 9.75 Å². The van der Waals surface area contributed by atoms with Crippen molar-refractivity contribution in [1.82, 2.24) is 20.2 Å². The number of hydrogen-bond donors (Lipinski definition) is 2. The molecule has 6 nitrogen and oxygen atoms in total. The molecule has 4 heterocycles. The summed E-state index contributed by atoms with van der Waals surface area (Å²) in [5, 5.41) is 6.60. The minimum absolute atomic E-state index is 0.0407. The van der Waals surface area contributed by atoms with Crippen molar-refractivity contribution in [3.05, 3.63) is 69.4 Å². The standard InChI is InChI=1S/C21H22N4O2S/c1-13-6-7-19(28-13)16-10-25-11-17(24-20(25)9-22-16)21(26)23-15-8-14-4-2-3-5-18(14)27-12-15/h2-7,11,15-16,22H,8-10,12H2,1H3,(H,23,26)/t15-,16?/m1/s1. The maximum Gasteiger partial charge on any atom is 0.271 e. The van der Waals surface area contributed by atoms with E-state index in [0.717, 1.165) is 30.1 Å². The molecule has 0 spiro atoms. The molecule has 2 N–H and O–H groups in total. The minimum Gasteiger partial charge on any atom is -0.491 e. The number of hydrogen-bond acceptors (Lipinski definition) is 5. The number of rotatable bonds is 3. The number of aromatic nitrogens is 2. The summed E-state index contributed by atoms with van der Waals surface area (Å²) in [7, 11) is 0. The third kappa shape index (κ3) is 3.31. The second-order valence-electron chi connectivity index (χ2n) is 7.37. The molecular formula is C21H22N4O2S. The second-order valence-corrected chi connectivity index (χ2v) is 8.69. The highest BCUT2D eigenvalue weighted by atomic mass is 32.1. The molecule has 3 aromatic rings. The van der Waals surface area contributed by atoms with Gasteiger partial charge in [-0.1, -0.05) is 18.2 Å². The van der Waals surface area contributed by atoms with Crippen LogP contribution in [0, 0.1) is 6.92 Å². The van der Waals surface area contributed by atoms with E-state index in [-0.39, 0.29) is 18.0 Å². The molecule has 1 aromatic carbocycles. The number of imidazole rings is 1. The number of carbonyl (C=O) groups is 1. The van der Waals surface area contributed by atoms with Gasteiger partial charge in [0.15, 0.2) is 0 Å². The Morgan fingerprint density at radius 3 is 3.07 bits per heavy atom. The van der Waals surface area contributed by atoms with Crippen LogP contribution in [0.25, 0.3) is 0 Å². The molecular weight excluding hydrogens is 372 g/mol. The number of carbonyl (C=O) groups excluding carboxylic acids is 1. The second kappa shape index (κ2) is 7.07. The molecule has 5 rings (SSSR count). The summed E-state index contributed by atoms with van der Waals surface area (Å²) in [6.45, 7) is 4.05. The van der Waals surface area contributed by atoms with E-state index >= 15 is 0 Å². The number of thiophene rings is 1. The lowest BCUT2D eigenvalue weighted by Gasteiger charge is -2.25. The number of ether oxygens (including phenoxy) is 1. The van der Waals surface area contributed by atoms with Gasteiger partial charge < -0.3 is 19.9 Å². The van der Waals surface area contributed by atoms with Crippen molar-refractivity contribution < 1.29 is 9.53 Å². The van der Waals surface area contributed by atoms with Gasteiger partial charge in [-0.25, -0.2) is 4.98 Å². The van der Waals surface area contributed by atoms with Gasteiger partial charge >= 0.3 is 0 Å². The lowest BCUT2D eigenvalue weighted by atomic mass is 10.0. The van der Waals surface area contributed by atoms with Crippen LogP contribution in [0.2, 0.25) is 0 Å². The molecule has 1 amide bonds. The van der Waals surface area contributed by atoms with Crippen molar-refractivity contribution in [3.8, 4) is 5.75 Å². The minimum atomic E-state index is -0.140. The quantitative estimate of drug-likeness (QED) is 0.717. The molecule has 0 bridgehead atoms. The summed E-state index contributed by atoms with van der Waals surface area (Å²) in [6.07, 6.45) is 2.65. The predicted octanol–water partition coefficient (Wildman–Crippen LogP) is 2.83. The van der Waals surface area contributed by atoms with E-state index < -0.39 is 0 Å². The highest BCUT2D eigenvalue weighted by Gasteiger charge is 2.26. The predicted molar refractivity (Wildman–Crippen MR) is 108 cm³/mol. The van der Waals surface area contributed by atoms with Crippen LogP contribution in [-0.4, -0.2) is 28.1 Å². The first kappa shape index (κ1) is 17.5. The normalized spacial score (nSPS) is 20.8. The molecule has 2 aromatic heterocycles. The summed E-state index contributed by atoms with van der Waals surface area (Å²) in [4.78, 5) is 19.9. The third-order valence-corrected chi connectivity index (χ3v) is 6.41. The first-order valence-electron chi connectivity index (χ1n) is 9.53. The zero-order valence-corrected chi connectivity index (χ0v) is 16.5. The fraction of sp³-hybridized carbons (Fsp3) is 0.333. The summed E-state index contributed by atoms with van der Waals surface area (Å²) in [6, 6.07) is 12.5. The number of nitrogens with one attached hydrogen (secondary N) is 2. The third-order valence-electron chi connectivity index (χ3n) is 5.30. The van der Waals surface area contributed by atoms with Gasteiger partial charge in [-0.15, -0.1) is 11.3 Å². The molecule has 0 radical (unpaired) electrons. The summed E-state index contributed by atoms with van der Waals surface area (Å²) in [5.74, 6) is 1.67. The van der Waals surface area contributed by atoms with E-state index in [1.54, 1.807) is 0 Å². The summed E-state index contributed by atoms with van der Waals surface area (Å²) < 4.78 is 7.86. The largest absolute Gasteiger partial charge is 0.491 e. The fourth-order valence-corrected chi connectivity index (χ4v) is 4.79. The number of para-hydroxylation sites is 1. The number of nitrogens with zero attached hydrogens (tertiary/aromatic N) is 2. The average molecular weight is 395 g/mol. The van der Waals surface area contributed by atoms with E-state index in [9.17, 15) is 4.79 Å². The lowest BCUT2D eigenvalue weighted by Crippen LogP contribution is -2.42. The van der Waals surface area contributed by atoms with Gasteiger partial charge in [0.1, 0.15) is 23.9 Å². The number of benzene rings is 1. The zero-order valence-electron chi connectivity index (χ0n) is 15.6. The van der Waals surface area contributed by atoms with Gasteiger partial charge in [0.25, 0.3) is 5.91 Å². The smallest absolute Gasteiger partial charge is 0.271 e. The maximum absolute atomic E-state index is 12.7. The molecule has 1 unspecified atom stereocenters. The van der Waals surface area contributed by atoms with Crippen molar-refractivity contribution in [2.75, 3.05) is 6.61 Å². The molecule has 144 valence electrons. The Morgan fingerprint density at radius 2 is 2.21 bits per heavy atom. The molecule has 2 aliphatic rings. The highest BCUT2D eigenvalue weighted by molar-refractivity contribution is 7.12. The Kier molecular flexibility index (Phi) is 4.41. The van der Waals surface area contributed by atoms with Crippen molar-refractivity contribution in [2.45, 2.75) is 38.5 Å². The van der Waals surface area contributed by atoms with E-state index in [2.05, 4.69) is 39.2 Å². The van der Waals surface area contributed by atoms with Crippen molar-refractivity contribution in [1.29, 1.82) is 0 Å². The maximum atomic E-state index is 12.7. The van der Waals surface area contributed by atoms with Gasteiger partial charge in [-0.05, 0) is 37.1 Å². The van der Waals surface area contributed by atoms with E-state index in [1.807, 2.05) is 41.8 Å². The SMILES string of the molecule is Cc1ccc(C2Cn3cc(C(=O)N[C@H]4COc5ccccc5C4)nc3CN2)s1. The Morgan fingerprint density at radius 1 is 1.32 bits per heavy atom. The Labute approximate surface area is 167 Å². The summed E-state index contributed by atoms with van der Waals surface area (Å²) in [5.41, 5.74) is 1.60. The molecule has 28 heavy (non-hydrogen) atoms. The van der Waals surface area contributed by atoms with Crippen LogP contribution in [0.15, 0.2) is 42.6 Å². The van der Waals surface area contributed by atoms with E-state index in [0.29, 0.717) is 18.8 Å². The Hall–Kier alpha value is -2.64. The first-order valence-corrected chi connectivity index (χ1v) is 10.3. The van der Waals surface area contributed by atoms with Gasteiger partial charge in [-0.2, -0.15) is 0 Å². The summed E-state index contributed by atoms with van der Waals surface area (Å²) >= 11 is 1.81. The van der Waals surface area contributed by atoms with Crippen LogP contribution in [0.4, 0.5) is 0 Å². The molecule has 0 fully saturated rings. The van der Waals surface area contributed by atoms with Crippen LogP contribution in [0.5, 0.6) is 5.75 Å². The van der Waals surface area contributed by atoms with E-state index in [4.69, 9.17) is 4.74 Å². The highest BCUT2D eigenvalue weighted by Crippen LogP contribution is 2.27. The van der Waals surface area contributed by atoms with Crippen LogP contribution < -0.4 is 15.4 Å². The molecule has 2 aliphatic heterocycles.